The summed E-state index contributed by atoms with van der Waals surface area (Å²) < 4.78 is 0. The second-order valence-electron chi connectivity index (χ2n) is 5.61. The number of carbonyl (C=O) groups is 3. The van der Waals surface area contributed by atoms with Crippen molar-refractivity contribution in [2.45, 2.75) is 52.0 Å². The van der Waals surface area contributed by atoms with Crippen LogP contribution in [0.1, 0.15) is 46.0 Å². The normalized spacial score (nSPS) is 18.4. The number of carboxylic acids is 1. The summed E-state index contributed by atoms with van der Waals surface area (Å²) in [5.74, 6) is -1.44. The molecule has 0 aromatic carbocycles. The second kappa shape index (κ2) is 6.72. The van der Waals surface area contributed by atoms with Gasteiger partial charge in [0.05, 0.1) is 5.41 Å². The van der Waals surface area contributed by atoms with Crippen LogP contribution in [-0.4, -0.2) is 47.4 Å². The lowest BCUT2D eigenvalue weighted by molar-refractivity contribution is -0.151. The third-order valence-electron chi connectivity index (χ3n) is 4.11. The molecule has 0 bridgehead atoms. The van der Waals surface area contributed by atoms with E-state index in [1.165, 1.54) is 4.90 Å². The lowest BCUT2D eigenvalue weighted by atomic mass is 9.82. The van der Waals surface area contributed by atoms with Crippen LogP contribution in [0.4, 0.5) is 0 Å². The van der Waals surface area contributed by atoms with Gasteiger partial charge in [-0.2, -0.15) is 0 Å². The van der Waals surface area contributed by atoms with Gasteiger partial charge in [-0.25, -0.2) is 0 Å². The molecule has 0 aromatic rings. The lowest BCUT2D eigenvalue weighted by Gasteiger charge is -2.25. The SMILES string of the molecule is CCN(C)C(=O)C(C)NC(=O)CC1(C(=O)O)CCCC1. The van der Waals surface area contributed by atoms with Gasteiger partial charge in [-0.1, -0.05) is 12.8 Å². The van der Waals surface area contributed by atoms with E-state index in [1.54, 1.807) is 14.0 Å². The summed E-state index contributed by atoms with van der Waals surface area (Å²) in [6.45, 7) is 4.04. The molecule has 2 amide bonds. The Morgan fingerprint density at radius 2 is 1.85 bits per heavy atom. The van der Waals surface area contributed by atoms with Crippen molar-refractivity contribution < 1.29 is 19.5 Å². The van der Waals surface area contributed by atoms with Gasteiger partial charge >= 0.3 is 5.97 Å². The molecule has 2 N–H and O–H groups in total. The molecular weight excluding hydrogens is 260 g/mol. The fourth-order valence-corrected chi connectivity index (χ4v) is 2.67. The van der Waals surface area contributed by atoms with Crippen molar-refractivity contribution in [3.05, 3.63) is 0 Å². The predicted octanol–water partition coefficient (Wildman–Crippen LogP) is 1.00. The summed E-state index contributed by atoms with van der Waals surface area (Å²) >= 11 is 0. The second-order valence-corrected chi connectivity index (χ2v) is 5.61. The number of nitrogens with one attached hydrogen (secondary N) is 1. The molecule has 0 radical (unpaired) electrons. The Morgan fingerprint density at radius 3 is 2.30 bits per heavy atom. The molecule has 6 heteroatoms. The molecule has 1 fully saturated rings. The van der Waals surface area contributed by atoms with Gasteiger partial charge < -0.3 is 15.3 Å². The molecule has 0 aromatic heterocycles. The number of aliphatic carboxylic acids is 1. The van der Waals surface area contributed by atoms with E-state index >= 15 is 0 Å². The van der Waals surface area contributed by atoms with Crippen molar-refractivity contribution in [2.75, 3.05) is 13.6 Å². The van der Waals surface area contributed by atoms with Gasteiger partial charge in [-0.05, 0) is 26.7 Å². The molecule has 20 heavy (non-hydrogen) atoms. The van der Waals surface area contributed by atoms with Gasteiger partial charge in [0.2, 0.25) is 11.8 Å². The highest BCUT2D eigenvalue weighted by molar-refractivity contribution is 5.89. The van der Waals surface area contributed by atoms with Gasteiger partial charge in [0.25, 0.3) is 0 Å². The van der Waals surface area contributed by atoms with Crippen LogP contribution in [0.3, 0.4) is 0 Å². The third-order valence-corrected chi connectivity index (χ3v) is 4.11. The van der Waals surface area contributed by atoms with Gasteiger partial charge in [0, 0.05) is 20.0 Å². The third kappa shape index (κ3) is 3.71. The molecule has 1 aliphatic carbocycles. The van der Waals surface area contributed by atoms with E-state index in [1.807, 2.05) is 6.92 Å². The molecule has 1 unspecified atom stereocenters. The minimum absolute atomic E-state index is 0.0458. The zero-order valence-corrected chi connectivity index (χ0v) is 12.4. The lowest BCUT2D eigenvalue weighted by Crippen LogP contribution is -2.47. The average Bonchev–Trinajstić information content (AvgIpc) is 2.86. The maximum atomic E-state index is 12.0. The van der Waals surface area contributed by atoms with Crippen molar-refractivity contribution in [1.82, 2.24) is 10.2 Å². The number of carboxylic acid groups (broad SMARTS) is 1. The number of amides is 2. The number of hydrogen-bond donors (Lipinski definition) is 2. The van der Waals surface area contributed by atoms with E-state index in [9.17, 15) is 19.5 Å². The summed E-state index contributed by atoms with van der Waals surface area (Å²) in [4.78, 5) is 36.7. The Morgan fingerprint density at radius 1 is 1.30 bits per heavy atom. The first-order chi connectivity index (χ1) is 9.32. The monoisotopic (exact) mass is 284 g/mol. The van der Waals surface area contributed by atoms with Crippen molar-refractivity contribution in [1.29, 1.82) is 0 Å². The van der Waals surface area contributed by atoms with Crippen molar-refractivity contribution >= 4 is 17.8 Å². The van der Waals surface area contributed by atoms with E-state index < -0.39 is 17.4 Å². The first-order valence-electron chi connectivity index (χ1n) is 7.10. The molecule has 0 spiro atoms. The van der Waals surface area contributed by atoms with Crippen LogP contribution in [0.5, 0.6) is 0 Å². The minimum atomic E-state index is -0.941. The standard InChI is InChI=1S/C14H24N2O4/c1-4-16(3)12(18)10(2)15-11(17)9-14(13(19)20)7-5-6-8-14/h10H,4-9H2,1-3H3,(H,15,17)(H,19,20). The first-order valence-corrected chi connectivity index (χ1v) is 7.10. The Bertz CT molecular complexity index is 389. The average molecular weight is 284 g/mol. The van der Waals surface area contributed by atoms with Crippen molar-refractivity contribution in [2.24, 2.45) is 5.41 Å². The van der Waals surface area contributed by atoms with E-state index in [2.05, 4.69) is 5.32 Å². The zero-order valence-electron chi connectivity index (χ0n) is 12.4. The number of nitrogens with zero attached hydrogens (tertiary/aromatic N) is 1. The van der Waals surface area contributed by atoms with E-state index in [4.69, 9.17) is 0 Å². The van der Waals surface area contributed by atoms with Crippen LogP contribution in [-0.2, 0) is 14.4 Å². The summed E-state index contributed by atoms with van der Waals surface area (Å²) in [5.41, 5.74) is -0.941. The first kappa shape index (κ1) is 16.5. The molecule has 0 saturated heterocycles. The zero-order chi connectivity index (χ0) is 15.3. The molecule has 6 nitrogen and oxygen atoms in total. The molecule has 1 aliphatic rings. The van der Waals surface area contributed by atoms with Crippen LogP contribution in [0, 0.1) is 5.41 Å². The molecule has 1 rings (SSSR count). The maximum absolute atomic E-state index is 12.0. The van der Waals surface area contributed by atoms with Crippen LogP contribution in [0.15, 0.2) is 0 Å². The Labute approximate surface area is 119 Å². The fraction of sp³-hybridized carbons (Fsp3) is 0.786. The van der Waals surface area contributed by atoms with Crippen LogP contribution in [0.2, 0.25) is 0 Å². The molecule has 1 saturated carbocycles. The number of rotatable bonds is 6. The molecular formula is C14H24N2O4. The summed E-state index contributed by atoms with van der Waals surface area (Å²) in [5, 5.41) is 11.9. The minimum Gasteiger partial charge on any atom is -0.481 e. The van der Waals surface area contributed by atoms with Gasteiger partial charge in [0.1, 0.15) is 6.04 Å². The van der Waals surface area contributed by atoms with Crippen LogP contribution < -0.4 is 5.32 Å². The Hall–Kier alpha value is -1.59. The van der Waals surface area contributed by atoms with E-state index in [0.717, 1.165) is 12.8 Å². The summed E-state index contributed by atoms with van der Waals surface area (Å²) in [7, 11) is 1.67. The highest BCUT2D eigenvalue weighted by Crippen LogP contribution is 2.41. The largest absolute Gasteiger partial charge is 0.481 e. The van der Waals surface area contributed by atoms with Gasteiger partial charge in [0.15, 0.2) is 0 Å². The topological polar surface area (TPSA) is 86.7 Å². The van der Waals surface area contributed by atoms with Crippen LogP contribution >= 0.6 is 0 Å². The smallest absolute Gasteiger partial charge is 0.310 e. The van der Waals surface area contributed by atoms with Crippen LogP contribution in [0.25, 0.3) is 0 Å². The number of likely N-dealkylation sites (N-methyl/N-ethyl adjacent to an activating group) is 1. The maximum Gasteiger partial charge on any atom is 0.310 e. The fourth-order valence-electron chi connectivity index (χ4n) is 2.67. The van der Waals surface area contributed by atoms with E-state index in [-0.39, 0.29) is 18.2 Å². The van der Waals surface area contributed by atoms with Gasteiger partial charge in [-0.15, -0.1) is 0 Å². The molecule has 1 atom stereocenters. The summed E-state index contributed by atoms with van der Waals surface area (Å²) in [6.07, 6.45) is 2.70. The quantitative estimate of drug-likeness (QED) is 0.762. The highest BCUT2D eigenvalue weighted by atomic mass is 16.4. The van der Waals surface area contributed by atoms with Gasteiger partial charge in [-0.3, -0.25) is 14.4 Å². The number of hydrogen-bond acceptors (Lipinski definition) is 3. The van der Waals surface area contributed by atoms with Crippen molar-refractivity contribution in [3.8, 4) is 0 Å². The summed E-state index contributed by atoms with van der Waals surface area (Å²) in [6, 6.07) is -0.625. The molecule has 0 heterocycles. The Balaban J connectivity index is 2.59. The predicted molar refractivity (Wildman–Crippen MR) is 74.1 cm³/mol. The van der Waals surface area contributed by atoms with E-state index in [0.29, 0.717) is 19.4 Å². The Kier molecular flexibility index (Phi) is 5.53. The highest BCUT2D eigenvalue weighted by Gasteiger charge is 2.43. The molecule has 0 aliphatic heterocycles. The number of carbonyl (C=O) groups excluding carboxylic acids is 2. The van der Waals surface area contributed by atoms with Crippen molar-refractivity contribution in [3.63, 3.8) is 0 Å². The molecule has 114 valence electrons.